The first-order valence-corrected chi connectivity index (χ1v) is 14.4. The van der Waals surface area contributed by atoms with Gasteiger partial charge in [0.25, 0.3) is 0 Å². The molecule has 9 nitrogen and oxygen atoms in total. The van der Waals surface area contributed by atoms with Crippen molar-refractivity contribution in [1.29, 1.82) is 0 Å². The molecular weight excluding hydrogens is 535 g/mol. The summed E-state index contributed by atoms with van der Waals surface area (Å²) >= 11 is 0. The zero-order valence-corrected chi connectivity index (χ0v) is 24.3. The normalized spacial score (nSPS) is 20.9. The van der Waals surface area contributed by atoms with Crippen LogP contribution < -0.4 is 16.0 Å². The van der Waals surface area contributed by atoms with Crippen LogP contribution in [0.15, 0.2) is 36.7 Å². The highest BCUT2D eigenvalue weighted by atomic mass is 19.4. The first-order valence-electron chi connectivity index (χ1n) is 14.4. The van der Waals surface area contributed by atoms with Crippen molar-refractivity contribution in [2.75, 3.05) is 83.4 Å². The Morgan fingerprint density at radius 3 is 2.27 bits per heavy atom. The predicted octanol–water partition coefficient (Wildman–Crippen LogP) is 3.30. The van der Waals surface area contributed by atoms with Crippen LogP contribution in [-0.4, -0.2) is 104 Å². The van der Waals surface area contributed by atoms with Crippen LogP contribution in [-0.2, 0) is 17.5 Å². The van der Waals surface area contributed by atoms with E-state index in [1.165, 1.54) is 76.1 Å². The van der Waals surface area contributed by atoms with Crippen molar-refractivity contribution in [2.45, 2.75) is 44.4 Å². The Labute approximate surface area is 241 Å². The van der Waals surface area contributed by atoms with E-state index >= 15 is 0 Å². The van der Waals surface area contributed by atoms with Gasteiger partial charge in [0.2, 0.25) is 0 Å². The molecular formula is C29H46F3N7O2. The average Bonchev–Trinajstić information content (AvgIpc) is 3.00. The van der Waals surface area contributed by atoms with Gasteiger partial charge in [-0.25, -0.2) is 4.98 Å². The lowest BCUT2D eigenvalue weighted by atomic mass is 9.95. The van der Waals surface area contributed by atoms with Crippen molar-refractivity contribution in [2.24, 2.45) is 11.7 Å². The summed E-state index contributed by atoms with van der Waals surface area (Å²) in [4.78, 5) is 14.6. The lowest BCUT2D eigenvalue weighted by Gasteiger charge is -2.38. The van der Waals surface area contributed by atoms with E-state index in [0.29, 0.717) is 26.0 Å². The molecule has 4 heterocycles. The van der Waals surface area contributed by atoms with E-state index in [2.05, 4.69) is 61.3 Å². The molecule has 3 aliphatic rings. The van der Waals surface area contributed by atoms with E-state index in [9.17, 15) is 13.2 Å². The molecule has 4 N–H and O–H groups in total. The standard InChI is InChI=1S/C18H30N4.C10H12F3N3O.CH4O/c1-20-10-12-21(13-11-20)15-17-6-8-22(9-7-17)18-4-2-16(14-19)3-5-18;11-10(12,13)8-4-14-5-9(16-8)15-7-2-1-3-17-6-7;1-2/h2-5,17H,6-15,19H2,1H3;4-5,7H,1-3,6H2,(H,15,16);2H,1H3. The molecule has 2 aromatic rings. The number of piperidine rings is 1. The Hall–Kier alpha value is -2.51. The number of alkyl halides is 3. The van der Waals surface area contributed by atoms with E-state index < -0.39 is 11.9 Å². The number of aromatic nitrogens is 2. The molecule has 1 unspecified atom stereocenters. The van der Waals surface area contributed by atoms with Crippen molar-refractivity contribution in [3.05, 3.63) is 47.9 Å². The van der Waals surface area contributed by atoms with E-state index in [1.54, 1.807) is 0 Å². The minimum absolute atomic E-state index is 0.00142. The molecule has 230 valence electrons. The number of hydrogen-bond acceptors (Lipinski definition) is 9. The summed E-state index contributed by atoms with van der Waals surface area (Å²) in [5, 5.41) is 9.89. The Bertz CT molecular complexity index is 991. The van der Waals surface area contributed by atoms with Gasteiger partial charge in [0.05, 0.1) is 25.0 Å². The van der Waals surface area contributed by atoms with Crippen molar-refractivity contribution >= 4 is 11.5 Å². The van der Waals surface area contributed by atoms with Gasteiger partial charge < -0.3 is 35.6 Å². The Balaban J connectivity index is 0.000000219. The maximum Gasteiger partial charge on any atom is 0.434 e. The van der Waals surface area contributed by atoms with Gasteiger partial charge in [-0.15, -0.1) is 0 Å². The van der Waals surface area contributed by atoms with E-state index in [1.807, 2.05) is 0 Å². The van der Waals surface area contributed by atoms with Crippen LogP contribution in [0.5, 0.6) is 0 Å². The van der Waals surface area contributed by atoms with Gasteiger partial charge >= 0.3 is 6.18 Å². The Morgan fingerprint density at radius 2 is 1.68 bits per heavy atom. The van der Waals surface area contributed by atoms with E-state index in [-0.39, 0.29) is 11.9 Å². The summed E-state index contributed by atoms with van der Waals surface area (Å²) in [6, 6.07) is 8.77. The van der Waals surface area contributed by atoms with Gasteiger partial charge in [-0.3, -0.25) is 4.98 Å². The number of hydrogen-bond donors (Lipinski definition) is 3. The summed E-state index contributed by atoms with van der Waals surface area (Å²) in [7, 11) is 3.23. The van der Waals surface area contributed by atoms with Crippen molar-refractivity contribution in [3.8, 4) is 0 Å². The lowest BCUT2D eigenvalue weighted by Crippen LogP contribution is -2.47. The molecule has 0 saturated carbocycles. The van der Waals surface area contributed by atoms with Crippen LogP contribution in [0.25, 0.3) is 0 Å². The summed E-state index contributed by atoms with van der Waals surface area (Å²) in [5.41, 5.74) is 7.26. The molecule has 1 atom stereocenters. The van der Waals surface area contributed by atoms with Crippen LogP contribution in [0.2, 0.25) is 0 Å². The topological polar surface area (TPSA) is 103 Å². The second kappa shape index (κ2) is 16.8. The van der Waals surface area contributed by atoms with Gasteiger partial charge in [0, 0.05) is 71.8 Å². The number of anilines is 2. The number of likely N-dealkylation sites (N-methyl/N-ethyl adjacent to an activating group) is 1. The van der Waals surface area contributed by atoms with E-state index in [4.69, 9.17) is 15.6 Å². The largest absolute Gasteiger partial charge is 0.434 e. The first kappa shape index (κ1) is 33.0. The predicted molar refractivity (Wildman–Crippen MR) is 156 cm³/mol. The van der Waals surface area contributed by atoms with Crippen LogP contribution in [0, 0.1) is 5.92 Å². The van der Waals surface area contributed by atoms with E-state index in [0.717, 1.165) is 25.9 Å². The molecule has 1 aromatic heterocycles. The monoisotopic (exact) mass is 581 g/mol. The molecule has 0 bridgehead atoms. The summed E-state index contributed by atoms with van der Waals surface area (Å²) in [6.07, 6.45) is 1.93. The third kappa shape index (κ3) is 11.0. The maximum absolute atomic E-state index is 12.4. The molecule has 12 heteroatoms. The van der Waals surface area contributed by atoms with Crippen LogP contribution in [0.3, 0.4) is 0 Å². The second-order valence-corrected chi connectivity index (χ2v) is 10.8. The van der Waals surface area contributed by atoms with Crippen molar-refractivity contribution < 1.29 is 23.0 Å². The van der Waals surface area contributed by atoms with Crippen LogP contribution in [0.4, 0.5) is 24.7 Å². The van der Waals surface area contributed by atoms with Crippen LogP contribution in [0.1, 0.15) is 36.9 Å². The van der Waals surface area contributed by atoms with Gasteiger partial charge in [-0.1, -0.05) is 12.1 Å². The minimum atomic E-state index is -4.46. The lowest BCUT2D eigenvalue weighted by molar-refractivity contribution is -0.141. The molecule has 0 amide bonds. The molecule has 3 saturated heterocycles. The number of piperazine rings is 1. The fourth-order valence-electron chi connectivity index (χ4n) is 5.25. The molecule has 3 aliphatic heterocycles. The number of nitrogens with two attached hydrogens (primary N) is 1. The molecule has 0 aliphatic carbocycles. The van der Waals surface area contributed by atoms with Gasteiger partial charge in [0.15, 0.2) is 5.69 Å². The SMILES string of the molecule is CN1CCN(CC2CCN(c3ccc(CN)cc3)CC2)CC1.CO.FC(F)(F)c1cncc(NC2CCCOC2)n1. The fourth-order valence-corrected chi connectivity index (χ4v) is 5.25. The second-order valence-electron chi connectivity index (χ2n) is 10.8. The van der Waals surface area contributed by atoms with Crippen LogP contribution >= 0.6 is 0 Å². The number of ether oxygens (including phenoxy) is 1. The number of nitrogens with zero attached hydrogens (tertiary/aromatic N) is 5. The summed E-state index contributed by atoms with van der Waals surface area (Å²) in [5.74, 6) is 1.01. The minimum Gasteiger partial charge on any atom is -0.400 e. The molecule has 0 radical (unpaired) electrons. The summed E-state index contributed by atoms with van der Waals surface area (Å²) < 4.78 is 42.4. The Morgan fingerprint density at radius 1 is 1.00 bits per heavy atom. The number of halogens is 3. The highest BCUT2D eigenvalue weighted by molar-refractivity contribution is 5.48. The number of nitrogens with one attached hydrogen (secondary N) is 1. The highest BCUT2D eigenvalue weighted by Crippen LogP contribution is 2.28. The van der Waals surface area contributed by atoms with Crippen molar-refractivity contribution in [3.63, 3.8) is 0 Å². The number of aliphatic hydroxyl groups excluding tert-OH is 1. The number of rotatable bonds is 6. The maximum atomic E-state index is 12.4. The molecule has 0 spiro atoms. The quantitative estimate of drug-likeness (QED) is 0.474. The summed E-state index contributed by atoms with van der Waals surface area (Å²) in [6.45, 7) is 10.5. The highest BCUT2D eigenvalue weighted by Gasteiger charge is 2.33. The molecule has 5 rings (SSSR count). The number of aliphatic hydroxyl groups is 1. The Kier molecular flexibility index (Phi) is 13.5. The average molecular weight is 582 g/mol. The fraction of sp³-hybridized carbons (Fsp3) is 0.655. The molecule has 3 fully saturated rings. The first-order chi connectivity index (χ1) is 19.8. The molecule has 41 heavy (non-hydrogen) atoms. The smallest absolute Gasteiger partial charge is 0.400 e. The third-order valence-electron chi connectivity index (χ3n) is 7.70. The van der Waals surface area contributed by atoms with Gasteiger partial charge in [0.1, 0.15) is 5.82 Å². The molecule has 1 aromatic carbocycles. The number of benzene rings is 1. The zero-order valence-electron chi connectivity index (χ0n) is 24.3. The van der Waals surface area contributed by atoms with Crippen molar-refractivity contribution in [1.82, 2.24) is 19.8 Å². The zero-order chi connectivity index (χ0) is 29.7. The van der Waals surface area contributed by atoms with Gasteiger partial charge in [-0.05, 0) is 56.3 Å². The van der Waals surface area contributed by atoms with Gasteiger partial charge in [-0.2, -0.15) is 13.2 Å². The third-order valence-corrected chi connectivity index (χ3v) is 7.70.